The van der Waals surface area contributed by atoms with Crippen LogP contribution in [0.25, 0.3) is 0 Å². The molecule has 0 aliphatic heterocycles. The minimum Gasteiger partial charge on any atom is -0.467 e. The van der Waals surface area contributed by atoms with Gasteiger partial charge < -0.3 is 14.6 Å². The van der Waals surface area contributed by atoms with Crippen molar-refractivity contribution < 1.29 is 4.42 Å². The number of furan rings is 1. The van der Waals surface area contributed by atoms with Gasteiger partial charge >= 0.3 is 0 Å². The fraction of sp³-hybridized carbons (Fsp3) is 0.111. The van der Waals surface area contributed by atoms with Crippen molar-refractivity contribution in [3.05, 3.63) is 83.5 Å². The van der Waals surface area contributed by atoms with Gasteiger partial charge in [-0.15, -0.1) is 0 Å². The van der Waals surface area contributed by atoms with E-state index in [4.69, 9.17) is 28.2 Å². The fourth-order valence-corrected chi connectivity index (χ4v) is 2.61. The highest BCUT2D eigenvalue weighted by Gasteiger charge is 2.13. The Bertz CT molecular complexity index is 776. The second-order valence-electron chi connectivity index (χ2n) is 5.23. The van der Waals surface area contributed by atoms with E-state index >= 15 is 0 Å². The number of rotatable bonds is 5. The van der Waals surface area contributed by atoms with Crippen LogP contribution >= 0.6 is 23.8 Å². The van der Waals surface area contributed by atoms with E-state index in [2.05, 4.69) is 10.3 Å². The van der Waals surface area contributed by atoms with Gasteiger partial charge in [0.15, 0.2) is 5.11 Å². The van der Waals surface area contributed by atoms with Crippen molar-refractivity contribution in [2.24, 2.45) is 0 Å². The van der Waals surface area contributed by atoms with Crippen molar-refractivity contribution in [2.75, 3.05) is 5.32 Å². The van der Waals surface area contributed by atoms with Gasteiger partial charge in [-0.3, -0.25) is 4.98 Å². The minimum atomic E-state index is 0.571. The van der Waals surface area contributed by atoms with Crippen LogP contribution in [0.2, 0.25) is 5.02 Å². The molecule has 4 nitrogen and oxygen atoms in total. The molecule has 0 fully saturated rings. The van der Waals surface area contributed by atoms with Gasteiger partial charge in [0, 0.05) is 29.6 Å². The molecule has 2 aromatic heterocycles. The Labute approximate surface area is 151 Å². The quantitative estimate of drug-likeness (QED) is 0.669. The van der Waals surface area contributed by atoms with Crippen LogP contribution < -0.4 is 5.32 Å². The van der Waals surface area contributed by atoms with Gasteiger partial charge in [0.1, 0.15) is 5.76 Å². The number of halogens is 1. The molecule has 122 valence electrons. The molecule has 24 heavy (non-hydrogen) atoms. The van der Waals surface area contributed by atoms with Gasteiger partial charge in [-0.05, 0) is 60.2 Å². The number of aromatic nitrogens is 1. The molecule has 1 N–H and O–H groups in total. The number of nitrogens with one attached hydrogen (secondary N) is 1. The van der Waals surface area contributed by atoms with Crippen LogP contribution in [0.1, 0.15) is 11.3 Å². The van der Waals surface area contributed by atoms with E-state index in [9.17, 15) is 0 Å². The second-order valence-corrected chi connectivity index (χ2v) is 6.06. The van der Waals surface area contributed by atoms with Crippen molar-refractivity contribution in [2.45, 2.75) is 13.1 Å². The number of hydrogen-bond acceptors (Lipinski definition) is 3. The van der Waals surface area contributed by atoms with Crippen molar-refractivity contribution in [1.29, 1.82) is 0 Å². The average Bonchev–Trinajstić information content (AvgIpc) is 3.10. The SMILES string of the molecule is S=C(Nc1ccc(Cl)cc1)N(Cc1cccnc1)Cc1ccco1. The molecule has 0 atom stereocenters. The predicted octanol–water partition coefficient (Wildman–Crippen LogP) is 4.73. The molecule has 0 spiro atoms. The summed E-state index contributed by atoms with van der Waals surface area (Å²) in [6, 6.07) is 15.2. The molecule has 0 aliphatic carbocycles. The van der Waals surface area contributed by atoms with Gasteiger partial charge in [0.05, 0.1) is 12.8 Å². The van der Waals surface area contributed by atoms with E-state index in [0.29, 0.717) is 23.2 Å². The normalized spacial score (nSPS) is 10.4. The van der Waals surface area contributed by atoms with Crippen LogP contribution in [-0.4, -0.2) is 15.0 Å². The summed E-state index contributed by atoms with van der Waals surface area (Å²) < 4.78 is 5.46. The van der Waals surface area contributed by atoms with Crippen LogP contribution in [0.15, 0.2) is 71.6 Å². The number of thiocarbonyl (C=S) groups is 1. The second kappa shape index (κ2) is 7.95. The molecule has 3 rings (SSSR count). The first-order valence-electron chi connectivity index (χ1n) is 7.43. The highest BCUT2D eigenvalue weighted by atomic mass is 35.5. The Balaban J connectivity index is 1.74. The van der Waals surface area contributed by atoms with Crippen LogP contribution in [0.4, 0.5) is 5.69 Å². The lowest BCUT2D eigenvalue weighted by atomic mass is 10.2. The molecule has 2 heterocycles. The molecule has 0 saturated heterocycles. The fourth-order valence-electron chi connectivity index (χ4n) is 2.24. The topological polar surface area (TPSA) is 41.3 Å². The smallest absolute Gasteiger partial charge is 0.174 e. The predicted molar refractivity (Wildman–Crippen MR) is 99.9 cm³/mol. The van der Waals surface area contributed by atoms with Crippen molar-refractivity contribution in [3.8, 4) is 0 Å². The van der Waals surface area contributed by atoms with Crippen molar-refractivity contribution >= 4 is 34.6 Å². The summed E-state index contributed by atoms with van der Waals surface area (Å²) >= 11 is 11.5. The molecule has 0 amide bonds. The maximum Gasteiger partial charge on any atom is 0.174 e. The molecule has 0 radical (unpaired) electrons. The standard InChI is InChI=1S/C18H16ClN3OS/c19-15-5-7-16(8-6-15)21-18(24)22(13-17-4-2-10-23-17)12-14-3-1-9-20-11-14/h1-11H,12-13H2,(H,21,24). The summed E-state index contributed by atoms with van der Waals surface area (Å²) in [6.07, 6.45) is 5.25. The molecule has 6 heteroatoms. The van der Waals surface area contributed by atoms with Crippen LogP contribution in [-0.2, 0) is 13.1 Å². The van der Waals surface area contributed by atoms with Crippen molar-refractivity contribution in [3.63, 3.8) is 0 Å². The Kier molecular flexibility index (Phi) is 5.46. The Morgan fingerprint density at radius 3 is 2.62 bits per heavy atom. The number of anilines is 1. The zero-order valence-corrected chi connectivity index (χ0v) is 14.4. The molecule has 0 unspecified atom stereocenters. The van der Waals surface area contributed by atoms with Crippen LogP contribution in [0, 0.1) is 0 Å². The summed E-state index contributed by atoms with van der Waals surface area (Å²) in [4.78, 5) is 6.19. The maximum atomic E-state index is 5.92. The lowest BCUT2D eigenvalue weighted by molar-refractivity contribution is 0.360. The van der Waals surface area contributed by atoms with E-state index < -0.39 is 0 Å². The lowest BCUT2D eigenvalue weighted by Gasteiger charge is -2.25. The maximum absolute atomic E-state index is 5.92. The van der Waals surface area contributed by atoms with Gasteiger partial charge in [0.2, 0.25) is 0 Å². The molecule has 0 aliphatic rings. The van der Waals surface area contributed by atoms with E-state index in [1.165, 1.54) is 0 Å². The highest BCUT2D eigenvalue weighted by molar-refractivity contribution is 7.80. The van der Waals surface area contributed by atoms with Gasteiger partial charge in [-0.25, -0.2) is 0 Å². The third-order valence-electron chi connectivity index (χ3n) is 3.41. The summed E-state index contributed by atoms with van der Waals surface area (Å²) in [5.41, 5.74) is 1.96. The zero-order chi connectivity index (χ0) is 16.8. The Morgan fingerprint density at radius 1 is 1.12 bits per heavy atom. The van der Waals surface area contributed by atoms with Gasteiger partial charge in [-0.1, -0.05) is 17.7 Å². The molecule has 1 aromatic carbocycles. The van der Waals surface area contributed by atoms with Gasteiger partial charge in [-0.2, -0.15) is 0 Å². The average molecular weight is 358 g/mol. The minimum absolute atomic E-state index is 0.571. The number of hydrogen-bond donors (Lipinski definition) is 1. The largest absolute Gasteiger partial charge is 0.467 e. The molecule has 3 aromatic rings. The Hall–Kier alpha value is -2.37. The first kappa shape index (κ1) is 16.5. The van der Waals surface area contributed by atoms with Crippen molar-refractivity contribution in [1.82, 2.24) is 9.88 Å². The summed E-state index contributed by atoms with van der Waals surface area (Å²) in [5.74, 6) is 0.846. The lowest BCUT2D eigenvalue weighted by Crippen LogP contribution is -2.33. The molecule has 0 saturated carbocycles. The molecular weight excluding hydrogens is 342 g/mol. The Morgan fingerprint density at radius 2 is 1.96 bits per heavy atom. The first-order chi connectivity index (χ1) is 11.7. The van der Waals surface area contributed by atoms with Crippen LogP contribution in [0.5, 0.6) is 0 Å². The summed E-state index contributed by atoms with van der Waals surface area (Å²) in [7, 11) is 0. The zero-order valence-electron chi connectivity index (χ0n) is 12.9. The van der Waals surface area contributed by atoms with E-state index in [0.717, 1.165) is 17.0 Å². The van der Waals surface area contributed by atoms with Gasteiger partial charge in [0.25, 0.3) is 0 Å². The number of nitrogens with zero attached hydrogens (tertiary/aromatic N) is 2. The van der Waals surface area contributed by atoms with E-state index in [-0.39, 0.29) is 0 Å². The monoisotopic (exact) mass is 357 g/mol. The number of pyridine rings is 1. The van der Waals surface area contributed by atoms with Crippen LogP contribution in [0.3, 0.4) is 0 Å². The summed E-state index contributed by atoms with van der Waals surface area (Å²) in [6.45, 7) is 1.20. The van der Waals surface area contributed by atoms with E-state index in [1.807, 2.05) is 59.6 Å². The summed E-state index contributed by atoms with van der Waals surface area (Å²) in [5, 5.41) is 4.54. The third-order valence-corrected chi connectivity index (χ3v) is 4.02. The number of benzene rings is 1. The molecule has 0 bridgehead atoms. The highest BCUT2D eigenvalue weighted by Crippen LogP contribution is 2.16. The molecular formula is C18H16ClN3OS. The third kappa shape index (κ3) is 4.57. The first-order valence-corrected chi connectivity index (χ1v) is 8.22. The van der Waals surface area contributed by atoms with E-state index in [1.54, 1.807) is 12.5 Å².